The molecular weight excluding hydrogens is 498 g/mol. The zero-order chi connectivity index (χ0) is 26.9. The van der Waals surface area contributed by atoms with Gasteiger partial charge in [0.05, 0.1) is 30.9 Å². The van der Waals surface area contributed by atoms with E-state index >= 15 is 0 Å². The lowest BCUT2D eigenvalue weighted by Gasteiger charge is -2.41. The second-order valence-electron chi connectivity index (χ2n) is 8.55. The quantitative estimate of drug-likeness (QED) is 0.213. The number of hydrogen-bond donors (Lipinski definition) is 1. The molecular formula is C21H22F6N6O3. The van der Waals surface area contributed by atoms with Crippen molar-refractivity contribution in [1.29, 1.82) is 0 Å². The lowest BCUT2D eigenvalue weighted by molar-refractivity contribution is -0.146. The van der Waals surface area contributed by atoms with Gasteiger partial charge >= 0.3 is 12.4 Å². The second-order valence-corrected chi connectivity index (χ2v) is 8.55. The molecule has 9 nitrogen and oxygen atoms in total. The Balaban J connectivity index is 1.74. The molecule has 0 spiro atoms. The Hall–Kier alpha value is -3.30. The van der Waals surface area contributed by atoms with Crippen LogP contribution in [0.5, 0.6) is 0 Å². The van der Waals surface area contributed by atoms with Crippen LogP contribution in [0.3, 0.4) is 0 Å². The van der Waals surface area contributed by atoms with Crippen LogP contribution < -0.4 is 5.84 Å². The first-order chi connectivity index (χ1) is 16.6. The standard InChI is InChI=1S/C21H22F6N6O3/c1-19(2)11-36-6-5-31(19)10-17(35)33(28)16(34)3-4-32-12-29-18(30-32)13-7-14(20(22,23)24)9-15(8-13)21(25,26)27/h3-4,7-9,12H,5-6,10-11,28H2,1-2H3/b4-3-. The van der Waals surface area contributed by atoms with Crippen molar-refractivity contribution in [1.82, 2.24) is 24.7 Å². The molecule has 1 aliphatic rings. The summed E-state index contributed by atoms with van der Waals surface area (Å²) in [5.74, 6) is 3.54. The van der Waals surface area contributed by atoms with Crippen molar-refractivity contribution in [2.75, 3.05) is 26.3 Å². The van der Waals surface area contributed by atoms with Gasteiger partial charge in [-0.2, -0.15) is 26.3 Å². The Labute approximate surface area is 201 Å². The molecule has 1 aliphatic heterocycles. The number of carbonyl (C=O) groups excluding carboxylic acids is 2. The fourth-order valence-corrected chi connectivity index (χ4v) is 3.33. The van der Waals surface area contributed by atoms with E-state index in [1.807, 2.05) is 18.7 Å². The van der Waals surface area contributed by atoms with Crippen LogP contribution in [0.25, 0.3) is 17.6 Å². The van der Waals surface area contributed by atoms with E-state index in [-0.39, 0.29) is 12.6 Å². The van der Waals surface area contributed by atoms with E-state index in [4.69, 9.17) is 10.6 Å². The maximum Gasteiger partial charge on any atom is 0.416 e. The average Bonchev–Trinajstić information content (AvgIpc) is 3.26. The van der Waals surface area contributed by atoms with Crippen LogP contribution in [-0.2, 0) is 26.7 Å². The lowest BCUT2D eigenvalue weighted by Crippen LogP contribution is -2.57. The molecule has 36 heavy (non-hydrogen) atoms. The van der Waals surface area contributed by atoms with Gasteiger partial charge in [0.25, 0.3) is 11.8 Å². The van der Waals surface area contributed by atoms with Gasteiger partial charge in [0.2, 0.25) is 0 Å². The number of aromatic nitrogens is 3. The van der Waals surface area contributed by atoms with E-state index in [9.17, 15) is 35.9 Å². The molecule has 0 aliphatic carbocycles. The number of benzene rings is 1. The number of carbonyl (C=O) groups is 2. The van der Waals surface area contributed by atoms with Crippen LogP contribution >= 0.6 is 0 Å². The maximum atomic E-state index is 13.1. The Morgan fingerprint density at radius 2 is 1.75 bits per heavy atom. The number of rotatable bonds is 5. The highest BCUT2D eigenvalue weighted by Gasteiger charge is 2.37. The van der Waals surface area contributed by atoms with E-state index in [0.29, 0.717) is 36.9 Å². The minimum absolute atomic E-state index is 0.00997. The van der Waals surface area contributed by atoms with Gasteiger partial charge < -0.3 is 4.74 Å². The van der Waals surface area contributed by atoms with Gasteiger partial charge in [-0.05, 0) is 32.0 Å². The van der Waals surface area contributed by atoms with E-state index in [2.05, 4.69) is 10.1 Å². The molecule has 0 atom stereocenters. The van der Waals surface area contributed by atoms with Crippen LogP contribution in [-0.4, -0.2) is 68.3 Å². The van der Waals surface area contributed by atoms with Crippen molar-refractivity contribution < 1.29 is 40.7 Å². The van der Waals surface area contributed by atoms with Crippen molar-refractivity contribution in [3.05, 3.63) is 41.7 Å². The Morgan fingerprint density at radius 1 is 1.14 bits per heavy atom. The third-order valence-corrected chi connectivity index (χ3v) is 5.37. The van der Waals surface area contributed by atoms with Crippen molar-refractivity contribution in [2.24, 2.45) is 5.84 Å². The monoisotopic (exact) mass is 520 g/mol. The number of hydrazine groups is 1. The van der Waals surface area contributed by atoms with E-state index < -0.39 is 52.2 Å². The number of imide groups is 1. The molecule has 2 amide bonds. The van der Waals surface area contributed by atoms with E-state index in [0.717, 1.165) is 23.3 Å². The summed E-state index contributed by atoms with van der Waals surface area (Å²) < 4.78 is 84.7. The molecule has 0 radical (unpaired) electrons. The highest BCUT2D eigenvalue weighted by Crippen LogP contribution is 2.38. The number of ether oxygens (including phenoxy) is 1. The predicted octanol–water partition coefficient (Wildman–Crippen LogP) is 2.79. The first-order valence-corrected chi connectivity index (χ1v) is 10.4. The van der Waals surface area contributed by atoms with Crippen LogP contribution in [0, 0.1) is 0 Å². The van der Waals surface area contributed by atoms with Crippen molar-refractivity contribution >= 4 is 18.0 Å². The van der Waals surface area contributed by atoms with Crippen LogP contribution in [0.4, 0.5) is 26.3 Å². The van der Waals surface area contributed by atoms with Gasteiger partial charge in [-0.1, -0.05) is 0 Å². The zero-order valence-corrected chi connectivity index (χ0v) is 19.1. The minimum atomic E-state index is -5.03. The van der Waals surface area contributed by atoms with Gasteiger partial charge in [-0.15, -0.1) is 5.10 Å². The number of amides is 2. The number of hydrogen-bond acceptors (Lipinski definition) is 7. The largest absolute Gasteiger partial charge is 0.416 e. The summed E-state index contributed by atoms with van der Waals surface area (Å²) in [5.41, 5.74) is -4.01. The molecule has 0 unspecified atom stereocenters. The number of morpholine rings is 1. The summed E-state index contributed by atoms with van der Waals surface area (Å²) in [4.78, 5) is 30.2. The Morgan fingerprint density at radius 3 is 2.31 bits per heavy atom. The van der Waals surface area contributed by atoms with Crippen LogP contribution in [0.2, 0.25) is 0 Å². The molecule has 1 aromatic carbocycles. The fraction of sp³-hybridized carbons (Fsp3) is 0.429. The maximum absolute atomic E-state index is 13.1. The number of halogens is 6. The summed E-state index contributed by atoms with van der Waals surface area (Å²) in [6.07, 6.45) is -7.24. The second kappa shape index (κ2) is 9.99. The molecule has 1 fully saturated rings. The lowest BCUT2D eigenvalue weighted by atomic mass is 10.0. The van der Waals surface area contributed by atoms with Crippen LogP contribution in [0.1, 0.15) is 25.0 Å². The molecule has 2 N–H and O–H groups in total. The first kappa shape index (κ1) is 27.3. The SMILES string of the molecule is CC1(C)COCCN1CC(=O)N(N)C(=O)/C=C\n1cnc(-c2cc(C(F)(F)F)cc(C(F)(F)F)c2)n1. The summed E-state index contributed by atoms with van der Waals surface area (Å²) in [5, 5.41) is 4.17. The molecule has 1 saturated heterocycles. The zero-order valence-electron chi connectivity index (χ0n) is 19.1. The van der Waals surface area contributed by atoms with Crippen molar-refractivity contribution in [3.8, 4) is 11.4 Å². The number of alkyl halides is 6. The predicted molar refractivity (Wildman–Crippen MR) is 113 cm³/mol. The van der Waals surface area contributed by atoms with E-state index in [1.54, 1.807) is 0 Å². The highest BCUT2D eigenvalue weighted by molar-refractivity contribution is 6.02. The summed E-state index contributed by atoms with van der Waals surface area (Å²) in [6, 6.07) is 0.957. The van der Waals surface area contributed by atoms with Gasteiger partial charge in [0.1, 0.15) is 6.33 Å². The van der Waals surface area contributed by atoms with Crippen molar-refractivity contribution in [2.45, 2.75) is 31.7 Å². The molecule has 196 valence electrons. The Bertz CT molecular complexity index is 1130. The van der Waals surface area contributed by atoms with Gasteiger partial charge in [0.15, 0.2) is 5.82 Å². The third-order valence-electron chi connectivity index (χ3n) is 5.37. The Kier molecular flexibility index (Phi) is 7.57. The van der Waals surface area contributed by atoms with Gasteiger partial charge in [-0.3, -0.25) is 14.5 Å². The van der Waals surface area contributed by atoms with Crippen LogP contribution in [0.15, 0.2) is 30.6 Å². The topological polar surface area (TPSA) is 107 Å². The first-order valence-electron chi connectivity index (χ1n) is 10.4. The molecule has 2 aromatic rings. The summed E-state index contributed by atoms with van der Waals surface area (Å²) in [7, 11) is 0. The van der Waals surface area contributed by atoms with Gasteiger partial charge in [-0.25, -0.2) is 20.5 Å². The number of nitrogens with zero attached hydrogens (tertiary/aromatic N) is 5. The average molecular weight is 520 g/mol. The normalized spacial score (nSPS) is 16.9. The summed E-state index contributed by atoms with van der Waals surface area (Å²) >= 11 is 0. The molecule has 2 heterocycles. The smallest absolute Gasteiger partial charge is 0.378 e. The molecule has 15 heteroatoms. The minimum Gasteiger partial charge on any atom is -0.378 e. The summed E-state index contributed by atoms with van der Waals surface area (Å²) in [6.45, 7) is 4.86. The fourth-order valence-electron chi connectivity index (χ4n) is 3.33. The molecule has 3 rings (SSSR count). The van der Waals surface area contributed by atoms with E-state index in [1.165, 1.54) is 0 Å². The number of nitrogens with two attached hydrogens (primary N) is 1. The molecule has 0 bridgehead atoms. The highest BCUT2D eigenvalue weighted by atomic mass is 19.4. The third kappa shape index (κ3) is 6.47. The molecule has 0 saturated carbocycles. The molecule has 1 aromatic heterocycles. The van der Waals surface area contributed by atoms with Crippen molar-refractivity contribution in [3.63, 3.8) is 0 Å². The van der Waals surface area contributed by atoms with Gasteiger partial charge in [0, 0.05) is 29.9 Å².